The van der Waals surface area contributed by atoms with E-state index in [-0.39, 0.29) is 29.3 Å². The number of carbonyl (C=O) groups is 1. The Morgan fingerprint density at radius 3 is 2.48 bits per heavy atom. The highest BCUT2D eigenvalue weighted by atomic mass is 32.2. The molecule has 2 heterocycles. The van der Waals surface area contributed by atoms with E-state index in [1.165, 1.54) is 16.4 Å². The minimum Gasteiger partial charge on any atom is -0.486 e. The van der Waals surface area contributed by atoms with Crippen molar-refractivity contribution in [3.63, 3.8) is 0 Å². The molecule has 1 N–H and O–H groups in total. The van der Waals surface area contributed by atoms with Gasteiger partial charge < -0.3 is 14.8 Å². The predicted molar refractivity (Wildman–Crippen MR) is 121 cm³/mol. The van der Waals surface area contributed by atoms with Crippen molar-refractivity contribution in [1.82, 2.24) is 9.62 Å². The SMILES string of the molecule is CC(C)C(NC(=O)C1CCCN(S(=O)(=O)c2ccc(F)cc2)C1)c1ccc2c(c1)OCCO2. The van der Waals surface area contributed by atoms with Gasteiger partial charge in [-0.15, -0.1) is 0 Å². The Morgan fingerprint density at radius 1 is 1.09 bits per heavy atom. The summed E-state index contributed by atoms with van der Waals surface area (Å²) < 4.78 is 51.8. The fourth-order valence-corrected chi connectivity index (χ4v) is 5.81. The van der Waals surface area contributed by atoms with Crippen LogP contribution in [-0.2, 0) is 14.8 Å². The highest BCUT2D eigenvalue weighted by Gasteiger charge is 2.34. The first-order chi connectivity index (χ1) is 15.8. The van der Waals surface area contributed by atoms with Gasteiger partial charge in [0.05, 0.1) is 16.9 Å². The molecule has 0 spiro atoms. The summed E-state index contributed by atoms with van der Waals surface area (Å²) in [6.45, 7) is 5.46. The second-order valence-electron chi connectivity index (χ2n) is 8.79. The number of ether oxygens (including phenoxy) is 2. The highest BCUT2D eigenvalue weighted by molar-refractivity contribution is 7.89. The molecule has 33 heavy (non-hydrogen) atoms. The Labute approximate surface area is 193 Å². The van der Waals surface area contributed by atoms with Crippen LogP contribution in [0.3, 0.4) is 0 Å². The summed E-state index contributed by atoms with van der Waals surface area (Å²) >= 11 is 0. The third-order valence-electron chi connectivity index (χ3n) is 6.10. The number of amides is 1. The number of hydrogen-bond acceptors (Lipinski definition) is 5. The predicted octanol–water partition coefficient (Wildman–Crippen LogP) is 3.51. The molecule has 1 saturated heterocycles. The van der Waals surface area contributed by atoms with Crippen LogP contribution in [-0.4, -0.2) is 44.9 Å². The number of sulfonamides is 1. The molecule has 2 aliphatic heterocycles. The molecular weight excluding hydrogens is 447 g/mol. The minimum absolute atomic E-state index is 0.0290. The molecule has 0 radical (unpaired) electrons. The molecule has 1 amide bonds. The third-order valence-corrected chi connectivity index (χ3v) is 7.98. The van der Waals surface area contributed by atoms with E-state index in [0.717, 1.165) is 17.7 Å². The summed E-state index contributed by atoms with van der Waals surface area (Å²) in [5.41, 5.74) is 0.911. The lowest BCUT2D eigenvalue weighted by Gasteiger charge is -2.33. The molecule has 4 rings (SSSR count). The largest absolute Gasteiger partial charge is 0.486 e. The zero-order valence-corrected chi connectivity index (χ0v) is 19.6. The lowest BCUT2D eigenvalue weighted by Crippen LogP contribution is -2.46. The van der Waals surface area contributed by atoms with Gasteiger partial charge in [-0.1, -0.05) is 19.9 Å². The van der Waals surface area contributed by atoms with Crippen LogP contribution < -0.4 is 14.8 Å². The summed E-state index contributed by atoms with van der Waals surface area (Å²) in [6.07, 6.45) is 1.18. The van der Waals surface area contributed by atoms with Gasteiger partial charge in [-0.3, -0.25) is 4.79 Å². The van der Waals surface area contributed by atoms with Crippen LogP contribution in [0.2, 0.25) is 0 Å². The lowest BCUT2D eigenvalue weighted by molar-refractivity contribution is -0.127. The second-order valence-corrected chi connectivity index (χ2v) is 10.7. The fraction of sp³-hybridized carbons (Fsp3) is 0.458. The van der Waals surface area contributed by atoms with E-state index in [0.29, 0.717) is 44.1 Å². The van der Waals surface area contributed by atoms with E-state index in [4.69, 9.17) is 9.47 Å². The number of piperidine rings is 1. The quantitative estimate of drug-likeness (QED) is 0.690. The smallest absolute Gasteiger partial charge is 0.243 e. The maximum Gasteiger partial charge on any atom is 0.243 e. The van der Waals surface area contributed by atoms with E-state index in [9.17, 15) is 17.6 Å². The van der Waals surface area contributed by atoms with Gasteiger partial charge >= 0.3 is 0 Å². The van der Waals surface area contributed by atoms with Gasteiger partial charge in [-0.05, 0) is 60.7 Å². The Balaban J connectivity index is 1.48. The van der Waals surface area contributed by atoms with Gasteiger partial charge in [0, 0.05) is 13.1 Å². The molecule has 2 atom stereocenters. The number of nitrogens with zero attached hydrogens (tertiary/aromatic N) is 1. The van der Waals surface area contributed by atoms with E-state index >= 15 is 0 Å². The first-order valence-electron chi connectivity index (χ1n) is 11.2. The van der Waals surface area contributed by atoms with Gasteiger partial charge in [-0.25, -0.2) is 12.8 Å². The van der Waals surface area contributed by atoms with Crippen molar-refractivity contribution in [2.24, 2.45) is 11.8 Å². The summed E-state index contributed by atoms with van der Waals surface area (Å²) in [5.74, 6) is 0.318. The van der Waals surface area contributed by atoms with Gasteiger partial charge in [-0.2, -0.15) is 4.31 Å². The van der Waals surface area contributed by atoms with Crippen LogP contribution in [0.1, 0.15) is 38.3 Å². The second kappa shape index (κ2) is 9.69. The standard InChI is InChI=1S/C24H29FN2O5S/c1-16(2)23(17-5-10-21-22(14-17)32-13-12-31-21)26-24(28)18-4-3-11-27(15-18)33(29,30)20-8-6-19(25)7-9-20/h5-10,14,16,18,23H,3-4,11-13,15H2,1-2H3,(H,26,28). The van der Waals surface area contributed by atoms with Gasteiger partial charge in [0.2, 0.25) is 15.9 Å². The minimum atomic E-state index is -3.80. The maximum atomic E-state index is 13.2. The molecule has 2 unspecified atom stereocenters. The zero-order valence-electron chi connectivity index (χ0n) is 18.8. The Morgan fingerprint density at radius 2 is 1.79 bits per heavy atom. The molecule has 1 fully saturated rings. The molecule has 0 aromatic heterocycles. The van der Waals surface area contributed by atoms with Crippen LogP contribution in [0.5, 0.6) is 11.5 Å². The van der Waals surface area contributed by atoms with Gasteiger partial charge in [0.25, 0.3) is 0 Å². The summed E-state index contributed by atoms with van der Waals surface area (Å²) in [5, 5.41) is 3.12. The van der Waals surface area contributed by atoms with E-state index < -0.39 is 21.8 Å². The number of nitrogens with one attached hydrogen (secondary N) is 1. The summed E-state index contributed by atoms with van der Waals surface area (Å²) in [4.78, 5) is 13.2. The van der Waals surface area contributed by atoms with Crippen molar-refractivity contribution in [2.45, 2.75) is 37.6 Å². The van der Waals surface area contributed by atoms with Gasteiger partial charge in [0.1, 0.15) is 19.0 Å². The molecular formula is C24H29FN2O5S. The molecule has 2 aromatic rings. The molecule has 0 bridgehead atoms. The average molecular weight is 477 g/mol. The van der Waals surface area contributed by atoms with Crippen LogP contribution in [0.4, 0.5) is 4.39 Å². The monoisotopic (exact) mass is 476 g/mol. The van der Waals surface area contributed by atoms with Crippen molar-refractivity contribution in [3.8, 4) is 11.5 Å². The summed E-state index contributed by atoms with van der Waals surface area (Å²) in [7, 11) is -3.80. The van der Waals surface area contributed by atoms with Gasteiger partial charge in [0.15, 0.2) is 11.5 Å². The number of carbonyl (C=O) groups excluding carboxylic acids is 1. The van der Waals surface area contributed by atoms with E-state index in [1.54, 1.807) is 0 Å². The fourth-order valence-electron chi connectivity index (χ4n) is 4.29. The summed E-state index contributed by atoms with van der Waals surface area (Å²) in [6, 6.07) is 10.2. The lowest BCUT2D eigenvalue weighted by atomic mass is 9.93. The van der Waals surface area contributed by atoms with Crippen LogP contribution in [0.15, 0.2) is 47.4 Å². The Bertz CT molecular complexity index is 1100. The number of halogens is 1. The zero-order chi connectivity index (χ0) is 23.6. The van der Waals surface area contributed by atoms with E-state index in [1.807, 2.05) is 32.0 Å². The van der Waals surface area contributed by atoms with Crippen LogP contribution in [0.25, 0.3) is 0 Å². The molecule has 2 aromatic carbocycles. The van der Waals surface area contributed by atoms with Crippen molar-refractivity contribution < 1.29 is 27.1 Å². The molecule has 0 aliphatic carbocycles. The first-order valence-corrected chi connectivity index (χ1v) is 12.7. The van der Waals surface area contributed by atoms with Crippen LogP contribution in [0, 0.1) is 17.7 Å². The topological polar surface area (TPSA) is 84.9 Å². The number of hydrogen-bond donors (Lipinski definition) is 1. The molecule has 0 saturated carbocycles. The first kappa shape index (κ1) is 23.5. The normalized spacial score (nSPS) is 19.8. The van der Waals surface area contributed by atoms with E-state index in [2.05, 4.69) is 5.32 Å². The van der Waals surface area contributed by atoms with Crippen molar-refractivity contribution >= 4 is 15.9 Å². The highest BCUT2D eigenvalue weighted by Crippen LogP contribution is 2.35. The average Bonchev–Trinajstić information content (AvgIpc) is 2.82. The van der Waals surface area contributed by atoms with Crippen LogP contribution >= 0.6 is 0 Å². The number of rotatable bonds is 6. The Hall–Kier alpha value is -2.65. The number of fused-ring (bicyclic) bond motifs is 1. The molecule has 7 nitrogen and oxygen atoms in total. The Kier molecular flexibility index (Phi) is 6.90. The molecule has 9 heteroatoms. The third kappa shape index (κ3) is 5.14. The molecule has 2 aliphatic rings. The maximum absolute atomic E-state index is 13.2. The molecule has 178 valence electrons. The van der Waals surface area contributed by atoms with Crippen molar-refractivity contribution in [3.05, 3.63) is 53.8 Å². The number of benzene rings is 2. The van der Waals surface area contributed by atoms with Crippen molar-refractivity contribution in [1.29, 1.82) is 0 Å². The van der Waals surface area contributed by atoms with Crippen molar-refractivity contribution in [2.75, 3.05) is 26.3 Å².